The summed E-state index contributed by atoms with van der Waals surface area (Å²) >= 11 is 0. The molecule has 2 heterocycles. The maximum Gasteiger partial charge on any atom is 0.115 e. The fourth-order valence-electron chi connectivity index (χ4n) is 2.09. The van der Waals surface area contributed by atoms with Gasteiger partial charge in [0.2, 0.25) is 0 Å². The van der Waals surface area contributed by atoms with Crippen molar-refractivity contribution in [3.63, 3.8) is 0 Å². The Hall–Kier alpha value is -1.77. The summed E-state index contributed by atoms with van der Waals surface area (Å²) in [5.74, 6) is 0.525. The van der Waals surface area contributed by atoms with Gasteiger partial charge in [0, 0.05) is 24.3 Å². The van der Waals surface area contributed by atoms with Crippen molar-refractivity contribution in [1.29, 1.82) is 0 Å². The van der Waals surface area contributed by atoms with Crippen LogP contribution in [-0.2, 0) is 11.8 Å². The molecule has 0 radical (unpaired) electrons. The molecule has 0 saturated carbocycles. The lowest BCUT2D eigenvalue weighted by atomic mass is 9.82. The summed E-state index contributed by atoms with van der Waals surface area (Å²) in [6, 6.07) is 4.30. The van der Waals surface area contributed by atoms with Crippen molar-refractivity contribution in [3.8, 4) is 0 Å². The summed E-state index contributed by atoms with van der Waals surface area (Å²) < 4.78 is 0. The lowest BCUT2D eigenvalue weighted by Gasteiger charge is -2.24. The van der Waals surface area contributed by atoms with Crippen molar-refractivity contribution in [3.05, 3.63) is 53.9 Å². The first-order valence-corrected chi connectivity index (χ1v) is 6.69. The van der Waals surface area contributed by atoms with Crippen LogP contribution in [0.4, 0.5) is 0 Å². The van der Waals surface area contributed by atoms with Crippen LogP contribution < -0.4 is 0 Å². The highest BCUT2D eigenvalue weighted by Gasteiger charge is 2.22. The summed E-state index contributed by atoms with van der Waals surface area (Å²) in [6.07, 6.45) is 8.20. The predicted octanol–water partition coefficient (Wildman–Crippen LogP) is 3.52. The zero-order valence-electron chi connectivity index (χ0n) is 12.1. The van der Waals surface area contributed by atoms with E-state index >= 15 is 0 Å². The largest absolute Gasteiger partial charge is 0.261 e. The van der Waals surface area contributed by atoms with E-state index in [1.807, 2.05) is 18.6 Å². The molecule has 0 spiro atoms. The van der Waals surface area contributed by atoms with Gasteiger partial charge in [0.1, 0.15) is 6.33 Å². The van der Waals surface area contributed by atoms with E-state index in [4.69, 9.17) is 0 Å². The normalized spacial score (nSPS) is 11.8. The van der Waals surface area contributed by atoms with E-state index in [0.717, 1.165) is 17.7 Å². The SMILES string of the molecule is CC(C)c1ccc(CC(C)(C)c2cncnc2)nc1. The highest BCUT2D eigenvalue weighted by molar-refractivity contribution is 5.23. The molecule has 0 unspecified atom stereocenters. The van der Waals surface area contributed by atoms with Crippen LogP contribution >= 0.6 is 0 Å². The third-order valence-corrected chi connectivity index (χ3v) is 3.48. The van der Waals surface area contributed by atoms with Crippen molar-refractivity contribution in [2.24, 2.45) is 0 Å². The molecule has 2 aromatic rings. The van der Waals surface area contributed by atoms with Gasteiger partial charge in [0.05, 0.1) is 0 Å². The number of rotatable bonds is 4. The highest BCUT2D eigenvalue weighted by Crippen LogP contribution is 2.26. The lowest BCUT2D eigenvalue weighted by molar-refractivity contribution is 0.510. The van der Waals surface area contributed by atoms with E-state index in [0.29, 0.717) is 5.92 Å². The molecule has 2 aromatic heterocycles. The monoisotopic (exact) mass is 255 g/mol. The molecule has 3 heteroatoms. The maximum atomic E-state index is 4.57. The standard InChI is InChI=1S/C16H21N3/c1-12(2)13-5-6-15(19-8-13)7-16(3,4)14-9-17-11-18-10-14/h5-6,8-12H,7H2,1-4H3. The number of pyridine rings is 1. The first-order chi connectivity index (χ1) is 8.99. The van der Waals surface area contributed by atoms with Crippen LogP contribution in [0.2, 0.25) is 0 Å². The molecule has 0 aliphatic rings. The Bertz CT molecular complexity index is 515. The van der Waals surface area contributed by atoms with Crippen molar-refractivity contribution >= 4 is 0 Å². The molecule has 19 heavy (non-hydrogen) atoms. The predicted molar refractivity (Wildman–Crippen MR) is 77.1 cm³/mol. The number of hydrogen-bond donors (Lipinski definition) is 0. The van der Waals surface area contributed by atoms with Crippen LogP contribution in [0.15, 0.2) is 37.1 Å². The third-order valence-electron chi connectivity index (χ3n) is 3.48. The van der Waals surface area contributed by atoms with Crippen molar-refractivity contribution in [2.75, 3.05) is 0 Å². The molecule has 0 bridgehead atoms. The number of hydrogen-bond acceptors (Lipinski definition) is 3. The van der Waals surface area contributed by atoms with E-state index in [2.05, 4.69) is 54.8 Å². The van der Waals surface area contributed by atoms with Crippen LogP contribution in [0, 0.1) is 0 Å². The van der Waals surface area contributed by atoms with Gasteiger partial charge in [-0.2, -0.15) is 0 Å². The van der Waals surface area contributed by atoms with Crippen LogP contribution in [0.5, 0.6) is 0 Å². The number of aromatic nitrogens is 3. The molecule has 0 atom stereocenters. The molecule has 0 aliphatic heterocycles. The molecular weight excluding hydrogens is 234 g/mol. The van der Waals surface area contributed by atoms with Gasteiger partial charge in [-0.3, -0.25) is 4.98 Å². The van der Waals surface area contributed by atoms with E-state index in [-0.39, 0.29) is 5.41 Å². The highest BCUT2D eigenvalue weighted by atomic mass is 14.8. The van der Waals surface area contributed by atoms with Crippen LogP contribution in [0.3, 0.4) is 0 Å². The minimum atomic E-state index is -0.00634. The molecule has 0 aromatic carbocycles. The Kier molecular flexibility index (Phi) is 3.93. The minimum absolute atomic E-state index is 0.00634. The lowest BCUT2D eigenvalue weighted by Crippen LogP contribution is -2.21. The fraction of sp³-hybridized carbons (Fsp3) is 0.438. The van der Waals surface area contributed by atoms with Crippen molar-refractivity contribution < 1.29 is 0 Å². The summed E-state index contributed by atoms with van der Waals surface area (Å²) in [7, 11) is 0. The molecule has 100 valence electrons. The average molecular weight is 255 g/mol. The number of nitrogens with zero attached hydrogens (tertiary/aromatic N) is 3. The van der Waals surface area contributed by atoms with Crippen molar-refractivity contribution in [1.82, 2.24) is 15.0 Å². The Morgan fingerprint density at radius 2 is 1.74 bits per heavy atom. The second-order valence-corrected chi connectivity index (χ2v) is 5.93. The Morgan fingerprint density at radius 3 is 2.26 bits per heavy atom. The summed E-state index contributed by atoms with van der Waals surface area (Å²) in [6.45, 7) is 8.76. The quantitative estimate of drug-likeness (QED) is 0.839. The molecule has 3 nitrogen and oxygen atoms in total. The Morgan fingerprint density at radius 1 is 1.05 bits per heavy atom. The van der Waals surface area contributed by atoms with E-state index in [1.165, 1.54) is 5.56 Å². The molecule has 2 rings (SSSR count). The van der Waals surface area contributed by atoms with Gasteiger partial charge in [-0.05, 0) is 34.9 Å². The van der Waals surface area contributed by atoms with Crippen LogP contribution in [-0.4, -0.2) is 15.0 Å². The second kappa shape index (κ2) is 5.47. The van der Waals surface area contributed by atoms with Gasteiger partial charge in [0.25, 0.3) is 0 Å². The first-order valence-electron chi connectivity index (χ1n) is 6.69. The van der Waals surface area contributed by atoms with Gasteiger partial charge in [-0.1, -0.05) is 33.8 Å². The minimum Gasteiger partial charge on any atom is -0.261 e. The van der Waals surface area contributed by atoms with Crippen LogP contribution in [0.1, 0.15) is 50.4 Å². The van der Waals surface area contributed by atoms with E-state index < -0.39 is 0 Å². The van der Waals surface area contributed by atoms with Gasteiger partial charge in [0.15, 0.2) is 0 Å². The van der Waals surface area contributed by atoms with Gasteiger partial charge in [-0.25, -0.2) is 9.97 Å². The molecule has 0 saturated heterocycles. The maximum absolute atomic E-state index is 4.57. The zero-order chi connectivity index (χ0) is 13.9. The van der Waals surface area contributed by atoms with Gasteiger partial charge in [-0.15, -0.1) is 0 Å². The summed E-state index contributed by atoms with van der Waals surface area (Å²) in [4.78, 5) is 12.8. The Balaban J connectivity index is 2.16. The van der Waals surface area contributed by atoms with Gasteiger partial charge >= 0.3 is 0 Å². The molecular formula is C16H21N3. The van der Waals surface area contributed by atoms with Crippen LogP contribution in [0.25, 0.3) is 0 Å². The zero-order valence-corrected chi connectivity index (χ0v) is 12.1. The third kappa shape index (κ3) is 3.37. The van der Waals surface area contributed by atoms with Crippen molar-refractivity contribution in [2.45, 2.75) is 45.4 Å². The molecule has 0 amide bonds. The fourth-order valence-corrected chi connectivity index (χ4v) is 2.09. The topological polar surface area (TPSA) is 38.7 Å². The van der Waals surface area contributed by atoms with E-state index in [9.17, 15) is 0 Å². The Labute approximate surface area is 115 Å². The molecule has 0 fully saturated rings. The van der Waals surface area contributed by atoms with E-state index in [1.54, 1.807) is 6.33 Å². The molecule has 0 aliphatic carbocycles. The second-order valence-electron chi connectivity index (χ2n) is 5.93. The average Bonchev–Trinajstić information content (AvgIpc) is 2.40. The smallest absolute Gasteiger partial charge is 0.115 e. The van der Waals surface area contributed by atoms with Gasteiger partial charge < -0.3 is 0 Å². The summed E-state index contributed by atoms with van der Waals surface area (Å²) in [5.41, 5.74) is 3.53. The molecule has 0 N–H and O–H groups in total. The first kappa shape index (κ1) is 13.7. The summed E-state index contributed by atoms with van der Waals surface area (Å²) in [5, 5.41) is 0.